The number of imide groups is 1. The lowest BCUT2D eigenvalue weighted by atomic mass is 10.1. The highest BCUT2D eigenvalue weighted by atomic mass is 32.2. The monoisotopic (exact) mass is 441 g/mol. The number of nitrogens with one attached hydrogen (secondary N) is 2. The van der Waals surface area contributed by atoms with Crippen molar-refractivity contribution in [2.45, 2.75) is 19.8 Å². The van der Waals surface area contributed by atoms with E-state index in [1.54, 1.807) is 18.2 Å². The molecule has 9 heteroatoms. The summed E-state index contributed by atoms with van der Waals surface area (Å²) in [6.45, 7) is 2.59. The third-order valence-electron chi connectivity index (χ3n) is 4.52. The first-order valence-electron chi connectivity index (χ1n) is 9.84. The van der Waals surface area contributed by atoms with Gasteiger partial charge >= 0.3 is 0 Å². The summed E-state index contributed by atoms with van der Waals surface area (Å²) in [7, 11) is 0. The van der Waals surface area contributed by atoms with E-state index in [1.165, 1.54) is 6.26 Å². The van der Waals surface area contributed by atoms with Crippen LogP contribution in [-0.2, 0) is 9.59 Å². The molecule has 1 aromatic carbocycles. The summed E-state index contributed by atoms with van der Waals surface area (Å²) in [5.74, 6) is -0.679. The second-order valence-corrected chi connectivity index (χ2v) is 7.92. The van der Waals surface area contributed by atoms with Gasteiger partial charge in [-0.2, -0.15) is 0 Å². The Kier molecular flexibility index (Phi) is 7.66. The lowest BCUT2D eigenvalue weighted by Crippen LogP contribution is -2.37. The summed E-state index contributed by atoms with van der Waals surface area (Å²) in [6, 6.07) is 10.8. The van der Waals surface area contributed by atoms with Crippen LogP contribution in [0.2, 0.25) is 0 Å². The molecule has 1 fully saturated rings. The standard InChI is InChI=1S/C22H23N3O5S/c1-15-6-8-16(9-7-15)14-18-21(28)25(22(29)31-18)12-11-23-19(26)5-2-10-24-20(27)17-4-3-13-30-17/h3-4,6-9,13-14H,2,5,10-12H2,1H3,(H,23,26)(H,24,27)/b18-14+. The first-order valence-corrected chi connectivity index (χ1v) is 10.7. The summed E-state index contributed by atoms with van der Waals surface area (Å²) in [5, 5.41) is 5.00. The Morgan fingerprint density at radius 3 is 2.58 bits per heavy atom. The van der Waals surface area contributed by atoms with Crippen molar-refractivity contribution in [2.24, 2.45) is 0 Å². The van der Waals surface area contributed by atoms with Crippen molar-refractivity contribution in [1.82, 2.24) is 15.5 Å². The highest BCUT2D eigenvalue weighted by molar-refractivity contribution is 8.18. The van der Waals surface area contributed by atoms with E-state index in [9.17, 15) is 19.2 Å². The minimum absolute atomic E-state index is 0.108. The highest BCUT2D eigenvalue weighted by Crippen LogP contribution is 2.31. The van der Waals surface area contributed by atoms with E-state index < -0.39 is 0 Å². The van der Waals surface area contributed by atoms with Crippen LogP contribution in [0, 0.1) is 6.92 Å². The zero-order valence-corrected chi connectivity index (χ0v) is 17.9. The number of hydrogen-bond donors (Lipinski definition) is 2. The van der Waals surface area contributed by atoms with Crippen LogP contribution in [0.1, 0.15) is 34.5 Å². The summed E-state index contributed by atoms with van der Waals surface area (Å²) in [5.41, 5.74) is 1.96. The number of amides is 4. The van der Waals surface area contributed by atoms with E-state index in [1.807, 2.05) is 31.2 Å². The number of aryl methyl sites for hydroxylation is 1. The predicted molar refractivity (Wildman–Crippen MR) is 117 cm³/mol. The molecule has 1 aliphatic heterocycles. The van der Waals surface area contributed by atoms with Crippen LogP contribution in [-0.4, -0.2) is 47.5 Å². The maximum Gasteiger partial charge on any atom is 0.293 e. The fraction of sp³-hybridized carbons (Fsp3) is 0.273. The molecule has 0 atom stereocenters. The lowest BCUT2D eigenvalue weighted by Gasteiger charge is -2.13. The molecule has 8 nitrogen and oxygen atoms in total. The molecule has 0 radical (unpaired) electrons. The van der Waals surface area contributed by atoms with Crippen molar-refractivity contribution in [3.05, 3.63) is 64.5 Å². The topological polar surface area (TPSA) is 109 Å². The van der Waals surface area contributed by atoms with Crippen LogP contribution in [0.4, 0.5) is 4.79 Å². The number of carbonyl (C=O) groups excluding carboxylic acids is 4. The van der Waals surface area contributed by atoms with E-state index in [0.29, 0.717) is 17.9 Å². The maximum atomic E-state index is 12.5. The Morgan fingerprint density at radius 2 is 1.87 bits per heavy atom. The second-order valence-electron chi connectivity index (χ2n) is 6.93. The van der Waals surface area contributed by atoms with Crippen LogP contribution >= 0.6 is 11.8 Å². The molecule has 2 N–H and O–H groups in total. The molecule has 0 saturated carbocycles. The minimum Gasteiger partial charge on any atom is -0.459 e. The SMILES string of the molecule is Cc1ccc(/C=C2/SC(=O)N(CCNC(=O)CCCNC(=O)c3ccco3)C2=O)cc1. The van der Waals surface area contributed by atoms with Crippen molar-refractivity contribution >= 4 is 40.8 Å². The van der Waals surface area contributed by atoms with E-state index in [-0.39, 0.29) is 48.2 Å². The van der Waals surface area contributed by atoms with Gasteiger partial charge in [-0.3, -0.25) is 24.1 Å². The number of rotatable bonds is 9. The molecule has 0 spiro atoms. The molecule has 31 heavy (non-hydrogen) atoms. The Hall–Kier alpha value is -3.33. The molecule has 1 saturated heterocycles. The molecule has 162 valence electrons. The summed E-state index contributed by atoms with van der Waals surface area (Å²) in [4.78, 5) is 49.8. The number of thioether (sulfide) groups is 1. The smallest absolute Gasteiger partial charge is 0.293 e. The average Bonchev–Trinajstić information content (AvgIpc) is 3.37. The normalized spacial score (nSPS) is 14.9. The van der Waals surface area contributed by atoms with Gasteiger partial charge in [0.2, 0.25) is 5.91 Å². The van der Waals surface area contributed by atoms with E-state index in [0.717, 1.165) is 27.8 Å². The second kappa shape index (κ2) is 10.6. The number of furan rings is 1. The number of nitrogens with zero attached hydrogens (tertiary/aromatic N) is 1. The van der Waals surface area contributed by atoms with Crippen LogP contribution in [0.3, 0.4) is 0 Å². The van der Waals surface area contributed by atoms with Crippen molar-refractivity contribution in [2.75, 3.05) is 19.6 Å². The molecular formula is C22H23N3O5S. The van der Waals surface area contributed by atoms with Gasteiger partial charge in [-0.15, -0.1) is 0 Å². The third kappa shape index (κ3) is 6.32. The molecule has 1 aromatic heterocycles. The Labute approximate surface area is 184 Å². The molecular weight excluding hydrogens is 418 g/mol. The summed E-state index contributed by atoms with van der Waals surface area (Å²) < 4.78 is 4.98. The highest BCUT2D eigenvalue weighted by Gasteiger charge is 2.34. The van der Waals surface area contributed by atoms with Gasteiger partial charge in [0.1, 0.15) is 0 Å². The first-order chi connectivity index (χ1) is 14.9. The van der Waals surface area contributed by atoms with Crippen LogP contribution in [0.5, 0.6) is 0 Å². The van der Waals surface area contributed by atoms with Gasteiger partial charge in [-0.05, 0) is 48.9 Å². The Bertz CT molecular complexity index is 983. The van der Waals surface area contributed by atoms with Gasteiger partial charge < -0.3 is 15.1 Å². The van der Waals surface area contributed by atoms with Gasteiger partial charge in [-0.1, -0.05) is 29.8 Å². The number of hydrogen-bond acceptors (Lipinski definition) is 6. The van der Waals surface area contributed by atoms with Crippen molar-refractivity contribution in [3.63, 3.8) is 0 Å². The quantitative estimate of drug-likeness (QED) is 0.458. The van der Waals surface area contributed by atoms with Gasteiger partial charge in [0, 0.05) is 26.1 Å². The van der Waals surface area contributed by atoms with Crippen molar-refractivity contribution < 1.29 is 23.6 Å². The minimum atomic E-state index is -0.356. The first kappa shape index (κ1) is 22.4. The Balaban J connectivity index is 1.37. The van der Waals surface area contributed by atoms with Gasteiger partial charge in [0.05, 0.1) is 11.2 Å². The fourth-order valence-corrected chi connectivity index (χ4v) is 3.71. The lowest BCUT2D eigenvalue weighted by molar-refractivity contribution is -0.124. The molecule has 4 amide bonds. The largest absolute Gasteiger partial charge is 0.459 e. The molecule has 0 unspecified atom stereocenters. The maximum absolute atomic E-state index is 12.5. The van der Waals surface area contributed by atoms with Crippen molar-refractivity contribution in [3.8, 4) is 0 Å². The molecule has 2 aromatic rings. The fourth-order valence-electron chi connectivity index (χ4n) is 2.85. The zero-order valence-electron chi connectivity index (χ0n) is 17.1. The molecule has 0 bridgehead atoms. The van der Waals surface area contributed by atoms with Gasteiger partial charge in [0.25, 0.3) is 17.1 Å². The van der Waals surface area contributed by atoms with Crippen LogP contribution in [0.15, 0.2) is 52.0 Å². The molecule has 1 aliphatic rings. The van der Waals surface area contributed by atoms with E-state index in [4.69, 9.17) is 4.42 Å². The van der Waals surface area contributed by atoms with E-state index >= 15 is 0 Å². The summed E-state index contributed by atoms with van der Waals surface area (Å²) in [6.07, 6.45) is 3.78. The average molecular weight is 442 g/mol. The predicted octanol–water partition coefficient (Wildman–Crippen LogP) is 2.95. The Morgan fingerprint density at radius 1 is 1.10 bits per heavy atom. The number of benzene rings is 1. The van der Waals surface area contributed by atoms with Gasteiger partial charge in [-0.25, -0.2) is 0 Å². The zero-order chi connectivity index (χ0) is 22.2. The third-order valence-corrected chi connectivity index (χ3v) is 5.42. The number of carbonyl (C=O) groups is 4. The molecule has 2 heterocycles. The molecule has 0 aliphatic carbocycles. The molecule has 3 rings (SSSR count). The van der Waals surface area contributed by atoms with E-state index in [2.05, 4.69) is 10.6 Å². The summed E-state index contributed by atoms with van der Waals surface area (Å²) >= 11 is 0.896. The van der Waals surface area contributed by atoms with Gasteiger partial charge in [0.15, 0.2) is 5.76 Å². The van der Waals surface area contributed by atoms with Crippen LogP contribution < -0.4 is 10.6 Å². The van der Waals surface area contributed by atoms with Crippen LogP contribution in [0.25, 0.3) is 6.08 Å². The van der Waals surface area contributed by atoms with Crippen molar-refractivity contribution in [1.29, 1.82) is 0 Å².